The van der Waals surface area contributed by atoms with Crippen molar-refractivity contribution in [3.8, 4) is 0 Å². The Balaban J connectivity index is 2.18. The standard InChI is InChI=1S/C10H11N3OS/c1-6-5-8(7(2)12-6)9(14)13-10-11-3-4-15-10/h3-5,12H,1-2H3,(H,11,13,14). The van der Waals surface area contributed by atoms with E-state index in [-0.39, 0.29) is 5.91 Å². The third-order valence-electron chi connectivity index (χ3n) is 2.05. The predicted octanol–water partition coefficient (Wildman–Crippen LogP) is 2.34. The van der Waals surface area contributed by atoms with E-state index < -0.39 is 0 Å². The lowest BCUT2D eigenvalue weighted by molar-refractivity contribution is 0.102. The summed E-state index contributed by atoms with van der Waals surface area (Å²) < 4.78 is 0. The molecule has 0 aliphatic carbocycles. The van der Waals surface area contributed by atoms with Crippen LogP contribution in [-0.4, -0.2) is 15.9 Å². The number of amides is 1. The van der Waals surface area contributed by atoms with Crippen LogP contribution in [0, 0.1) is 13.8 Å². The second-order valence-electron chi connectivity index (χ2n) is 3.28. The van der Waals surface area contributed by atoms with Crippen molar-refractivity contribution in [1.82, 2.24) is 9.97 Å². The van der Waals surface area contributed by atoms with Gasteiger partial charge < -0.3 is 4.98 Å². The van der Waals surface area contributed by atoms with Crippen LogP contribution in [0.3, 0.4) is 0 Å². The van der Waals surface area contributed by atoms with Crippen molar-refractivity contribution < 1.29 is 4.79 Å². The Hall–Kier alpha value is -1.62. The lowest BCUT2D eigenvalue weighted by Crippen LogP contribution is -2.11. The fourth-order valence-corrected chi connectivity index (χ4v) is 1.93. The zero-order valence-corrected chi connectivity index (χ0v) is 9.31. The summed E-state index contributed by atoms with van der Waals surface area (Å²) in [6, 6.07) is 1.83. The second-order valence-corrected chi connectivity index (χ2v) is 4.18. The van der Waals surface area contributed by atoms with Crippen LogP contribution in [0.15, 0.2) is 17.6 Å². The number of H-pyrrole nitrogens is 1. The van der Waals surface area contributed by atoms with Gasteiger partial charge in [-0.3, -0.25) is 10.1 Å². The molecule has 2 aromatic rings. The van der Waals surface area contributed by atoms with Crippen molar-refractivity contribution in [2.24, 2.45) is 0 Å². The van der Waals surface area contributed by atoms with Gasteiger partial charge in [-0.2, -0.15) is 0 Å². The maximum Gasteiger partial charge on any atom is 0.259 e. The second kappa shape index (κ2) is 3.86. The number of carbonyl (C=O) groups is 1. The van der Waals surface area contributed by atoms with Gasteiger partial charge in [0.1, 0.15) is 0 Å². The molecule has 1 amide bonds. The van der Waals surface area contributed by atoms with E-state index in [0.29, 0.717) is 10.7 Å². The van der Waals surface area contributed by atoms with Crippen molar-refractivity contribution in [3.05, 3.63) is 34.6 Å². The zero-order chi connectivity index (χ0) is 10.8. The average Bonchev–Trinajstić information content (AvgIpc) is 2.75. The minimum atomic E-state index is -0.119. The molecule has 0 saturated heterocycles. The minimum absolute atomic E-state index is 0.119. The van der Waals surface area contributed by atoms with Crippen molar-refractivity contribution >= 4 is 22.4 Å². The highest BCUT2D eigenvalue weighted by atomic mass is 32.1. The van der Waals surface area contributed by atoms with Gasteiger partial charge in [0.25, 0.3) is 5.91 Å². The van der Waals surface area contributed by atoms with Gasteiger partial charge >= 0.3 is 0 Å². The number of nitrogens with zero attached hydrogens (tertiary/aromatic N) is 1. The Labute approximate surface area is 91.4 Å². The van der Waals surface area contributed by atoms with Crippen LogP contribution < -0.4 is 5.32 Å². The normalized spacial score (nSPS) is 10.3. The number of rotatable bonds is 2. The largest absolute Gasteiger partial charge is 0.362 e. The molecule has 78 valence electrons. The molecule has 2 N–H and O–H groups in total. The predicted molar refractivity (Wildman–Crippen MR) is 60.3 cm³/mol. The first-order chi connectivity index (χ1) is 7.16. The number of thiazole rings is 1. The maximum atomic E-state index is 11.8. The highest BCUT2D eigenvalue weighted by molar-refractivity contribution is 7.13. The van der Waals surface area contributed by atoms with Crippen LogP contribution in [0.2, 0.25) is 0 Å². The first-order valence-electron chi connectivity index (χ1n) is 4.54. The van der Waals surface area contributed by atoms with Crippen molar-refractivity contribution in [1.29, 1.82) is 0 Å². The molecule has 2 aromatic heterocycles. The van der Waals surface area contributed by atoms with Crippen LogP contribution in [0.25, 0.3) is 0 Å². The van der Waals surface area contributed by atoms with Crippen LogP contribution in [0.1, 0.15) is 21.7 Å². The number of aryl methyl sites for hydroxylation is 2. The fourth-order valence-electron chi connectivity index (χ4n) is 1.41. The summed E-state index contributed by atoms with van der Waals surface area (Å²) in [6.07, 6.45) is 1.66. The van der Waals surface area contributed by atoms with Gasteiger partial charge in [-0.1, -0.05) is 0 Å². The number of aromatic nitrogens is 2. The van der Waals surface area contributed by atoms with Gasteiger partial charge in [-0.15, -0.1) is 11.3 Å². The molecular formula is C10H11N3OS. The van der Waals surface area contributed by atoms with E-state index in [0.717, 1.165) is 11.4 Å². The molecule has 4 nitrogen and oxygen atoms in total. The SMILES string of the molecule is Cc1cc(C(=O)Nc2nccs2)c(C)[nH]1. The fraction of sp³-hybridized carbons (Fsp3) is 0.200. The maximum absolute atomic E-state index is 11.8. The quantitative estimate of drug-likeness (QED) is 0.817. The molecule has 0 spiro atoms. The third-order valence-corrected chi connectivity index (χ3v) is 2.74. The molecule has 2 rings (SSSR count). The van der Waals surface area contributed by atoms with Crippen LogP contribution in [0.4, 0.5) is 5.13 Å². The van der Waals surface area contributed by atoms with Gasteiger partial charge in [0, 0.05) is 23.0 Å². The Morgan fingerprint density at radius 3 is 2.87 bits per heavy atom. The van der Waals surface area contributed by atoms with Gasteiger partial charge in [0.15, 0.2) is 5.13 Å². The van der Waals surface area contributed by atoms with Crippen molar-refractivity contribution in [2.75, 3.05) is 5.32 Å². The molecular weight excluding hydrogens is 210 g/mol. The lowest BCUT2D eigenvalue weighted by Gasteiger charge is -1.99. The molecule has 0 fully saturated rings. The summed E-state index contributed by atoms with van der Waals surface area (Å²) in [5.41, 5.74) is 2.53. The highest BCUT2D eigenvalue weighted by Crippen LogP contribution is 2.14. The van der Waals surface area contributed by atoms with E-state index in [1.54, 1.807) is 6.20 Å². The average molecular weight is 221 g/mol. The van der Waals surface area contributed by atoms with E-state index in [1.165, 1.54) is 11.3 Å². The molecule has 0 unspecified atom stereocenters. The molecule has 0 bridgehead atoms. The van der Waals surface area contributed by atoms with Crippen molar-refractivity contribution in [3.63, 3.8) is 0 Å². The molecule has 0 atom stereocenters. The van der Waals surface area contributed by atoms with Crippen molar-refractivity contribution in [2.45, 2.75) is 13.8 Å². The first-order valence-corrected chi connectivity index (χ1v) is 5.42. The van der Waals surface area contributed by atoms with E-state index in [1.807, 2.05) is 25.3 Å². The number of hydrogen-bond acceptors (Lipinski definition) is 3. The van der Waals surface area contributed by atoms with E-state index in [4.69, 9.17) is 0 Å². The Morgan fingerprint density at radius 2 is 2.33 bits per heavy atom. The Bertz CT molecular complexity index is 473. The Morgan fingerprint density at radius 1 is 1.53 bits per heavy atom. The van der Waals surface area contributed by atoms with E-state index >= 15 is 0 Å². The highest BCUT2D eigenvalue weighted by Gasteiger charge is 2.12. The summed E-state index contributed by atoms with van der Waals surface area (Å²) in [4.78, 5) is 18.9. The van der Waals surface area contributed by atoms with Gasteiger partial charge in [0.05, 0.1) is 5.56 Å². The topological polar surface area (TPSA) is 57.8 Å². The molecule has 0 radical (unpaired) electrons. The number of nitrogens with one attached hydrogen (secondary N) is 2. The van der Waals surface area contributed by atoms with Gasteiger partial charge in [-0.05, 0) is 19.9 Å². The summed E-state index contributed by atoms with van der Waals surface area (Å²) in [7, 11) is 0. The monoisotopic (exact) mass is 221 g/mol. The zero-order valence-electron chi connectivity index (χ0n) is 8.50. The lowest BCUT2D eigenvalue weighted by atomic mass is 10.2. The van der Waals surface area contributed by atoms with E-state index in [9.17, 15) is 4.79 Å². The molecule has 0 saturated carbocycles. The Kier molecular flexibility index (Phi) is 2.55. The smallest absolute Gasteiger partial charge is 0.259 e. The molecule has 5 heteroatoms. The van der Waals surface area contributed by atoms with Gasteiger partial charge in [-0.25, -0.2) is 4.98 Å². The summed E-state index contributed by atoms with van der Waals surface area (Å²) in [6.45, 7) is 3.80. The summed E-state index contributed by atoms with van der Waals surface area (Å²) in [5, 5.41) is 5.19. The molecule has 0 aliphatic heterocycles. The number of hydrogen-bond donors (Lipinski definition) is 2. The molecule has 2 heterocycles. The summed E-state index contributed by atoms with van der Waals surface area (Å²) in [5.74, 6) is -0.119. The number of anilines is 1. The van der Waals surface area contributed by atoms with Crippen LogP contribution in [-0.2, 0) is 0 Å². The van der Waals surface area contributed by atoms with Crippen LogP contribution >= 0.6 is 11.3 Å². The first kappa shape index (κ1) is 9.92. The minimum Gasteiger partial charge on any atom is -0.362 e. The molecule has 15 heavy (non-hydrogen) atoms. The van der Waals surface area contributed by atoms with E-state index in [2.05, 4.69) is 15.3 Å². The number of aromatic amines is 1. The molecule has 0 aromatic carbocycles. The van der Waals surface area contributed by atoms with Gasteiger partial charge in [0.2, 0.25) is 0 Å². The third kappa shape index (κ3) is 2.07. The summed E-state index contributed by atoms with van der Waals surface area (Å²) >= 11 is 1.41. The van der Waals surface area contributed by atoms with Crippen LogP contribution in [0.5, 0.6) is 0 Å². The number of carbonyl (C=O) groups excluding carboxylic acids is 1. The molecule has 0 aliphatic rings.